The van der Waals surface area contributed by atoms with Gasteiger partial charge in [-0.3, -0.25) is 0 Å². The van der Waals surface area contributed by atoms with Gasteiger partial charge in [0.15, 0.2) is 11.5 Å². The van der Waals surface area contributed by atoms with E-state index >= 15 is 0 Å². The van der Waals surface area contributed by atoms with Gasteiger partial charge in [0.25, 0.3) is 0 Å². The Labute approximate surface area is 177 Å². The summed E-state index contributed by atoms with van der Waals surface area (Å²) in [5, 5.41) is 23.3. The number of nitrogens with zero attached hydrogens (tertiary/aromatic N) is 1. The fraction of sp³-hybridized carbons (Fsp3) is 0.545. The molecule has 0 spiro atoms. The zero-order valence-electron chi connectivity index (χ0n) is 17.3. The molecule has 1 aliphatic rings. The van der Waals surface area contributed by atoms with Crippen LogP contribution in [-0.4, -0.2) is 60.7 Å². The molecular weight excluding hydrogens is 388 g/mol. The van der Waals surface area contributed by atoms with Gasteiger partial charge in [0, 0.05) is 42.5 Å². The van der Waals surface area contributed by atoms with Crippen LogP contribution in [0.1, 0.15) is 28.2 Å². The number of methoxy groups -OCH3 is 1. The van der Waals surface area contributed by atoms with Crippen LogP contribution in [0.3, 0.4) is 0 Å². The Balaban J connectivity index is 1.45. The third kappa shape index (κ3) is 6.97. The molecule has 2 heterocycles. The fourth-order valence-electron chi connectivity index (χ4n) is 3.49. The predicted molar refractivity (Wildman–Crippen MR) is 116 cm³/mol. The smallest absolute Gasteiger partial charge is 0.161 e. The van der Waals surface area contributed by atoms with Gasteiger partial charge >= 0.3 is 0 Å². The number of rotatable bonds is 10. The van der Waals surface area contributed by atoms with Gasteiger partial charge in [-0.15, -0.1) is 11.3 Å². The van der Waals surface area contributed by atoms with Crippen molar-refractivity contribution in [2.24, 2.45) is 0 Å². The first kappa shape index (κ1) is 22.1. The highest BCUT2D eigenvalue weighted by Crippen LogP contribution is 2.28. The number of likely N-dealkylation sites (tertiary alicyclic amines) is 1. The molecule has 1 saturated heterocycles. The molecule has 0 aliphatic carbocycles. The summed E-state index contributed by atoms with van der Waals surface area (Å²) in [4.78, 5) is 4.82. The van der Waals surface area contributed by atoms with Crippen molar-refractivity contribution in [2.45, 2.75) is 45.1 Å². The largest absolute Gasteiger partial charge is 0.493 e. The molecule has 0 saturated carbocycles. The van der Waals surface area contributed by atoms with Crippen LogP contribution in [0.15, 0.2) is 30.3 Å². The summed E-state index contributed by atoms with van der Waals surface area (Å²) in [6, 6.07) is 10.2. The molecule has 1 atom stereocenters. The lowest BCUT2D eigenvalue weighted by Crippen LogP contribution is -2.41. The molecule has 2 aromatic rings. The number of thiophene rings is 1. The van der Waals surface area contributed by atoms with Crippen LogP contribution in [0.2, 0.25) is 0 Å². The lowest BCUT2D eigenvalue weighted by atomic mass is 10.1. The Morgan fingerprint density at radius 3 is 2.66 bits per heavy atom. The number of nitrogens with one attached hydrogen (secondary N) is 1. The van der Waals surface area contributed by atoms with Crippen molar-refractivity contribution < 1.29 is 19.7 Å². The van der Waals surface area contributed by atoms with E-state index in [0.29, 0.717) is 18.0 Å². The summed E-state index contributed by atoms with van der Waals surface area (Å²) in [6.45, 7) is 6.11. The summed E-state index contributed by atoms with van der Waals surface area (Å²) in [6.07, 6.45) is 0.753. The molecule has 3 rings (SSSR count). The number of piperidine rings is 1. The van der Waals surface area contributed by atoms with Crippen molar-refractivity contribution in [3.05, 3.63) is 45.6 Å². The van der Waals surface area contributed by atoms with Crippen molar-refractivity contribution in [3.63, 3.8) is 0 Å². The van der Waals surface area contributed by atoms with Gasteiger partial charge in [0.05, 0.1) is 13.2 Å². The molecule has 1 aromatic heterocycles. The van der Waals surface area contributed by atoms with Crippen LogP contribution >= 0.6 is 11.3 Å². The second-order valence-electron chi connectivity index (χ2n) is 7.60. The molecule has 1 aromatic carbocycles. The van der Waals surface area contributed by atoms with E-state index in [0.717, 1.165) is 44.6 Å². The van der Waals surface area contributed by atoms with Crippen molar-refractivity contribution in [1.82, 2.24) is 10.2 Å². The molecule has 29 heavy (non-hydrogen) atoms. The van der Waals surface area contributed by atoms with Gasteiger partial charge in [-0.2, -0.15) is 0 Å². The topological polar surface area (TPSA) is 74.2 Å². The first-order valence-corrected chi connectivity index (χ1v) is 11.0. The molecule has 160 valence electrons. The Morgan fingerprint density at radius 1 is 1.17 bits per heavy atom. The highest BCUT2D eigenvalue weighted by atomic mass is 32.1. The van der Waals surface area contributed by atoms with E-state index in [9.17, 15) is 10.2 Å². The number of β-amino-alcohol motifs (C(OH)–C–C–N with tert-alkyl or cyclic N) is 1. The van der Waals surface area contributed by atoms with Crippen LogP contribution in [0.4, 0.5) is 0 Å². The minimum absolute atomic E-state index is 0.202. The highest BCUT2D eigenvalue weighted by molar-refractivity contribution is 7.11. The van der Waals surface area contributed by atoms with Crippen LogP contribution < -0.4 is 14.8 Å². The van der Waals surface area contributed by atoms with Crippen molar-refractivity contribution >= 4 is 11.3 Å². The number of hydrogen-bond acceptors (Lipinski definition) is 7. The molecule has 1 fully saturated rings. The maximum Gasteiger partial charge on any atom is 0.161 e. The van der Waals surface area contributed by atoms with Crippen LogP contribution in [0.25, 0.3) is 0 Å². The summed E-state index contributed by atoms with van der Waals surface area (Å²) >= 11 is 1.81. The third-order valence-corrected chi connectivity index (χ3v) is 6.11. The van der Waals surface area contributed by atoms with Gasteiger partial charge in [0.1, 0.15) is 12.7 Å². The Morgan fingerprint density at radius 2 is 1.97 bits per heavy atom. The Hall–Kier alpha value is -1.64. The maximum absolute atomic E-state index is 10.3. The maximum atomic E-state index is 10.3. The molecule has 0 amide bonds. The summed E-state index contributed by atoms with van der Waals surface area (Å²) in [5.74, 6) is 1.31. The average molecular weight is 421 g/mol. The zero-order chi connectivity index (χ0) is 20.6. The number of aryl methyl sites for hydroxylation is 1. The first-order valence-electron chi connectivity index (χ1n) is 10.2. The van der Waals surface area contributed by atoms with E-state index in [1.165, 1.54) is 9.75 Å². The standard InChI is InChI=1S/C22H32N2O4S/c1-16-3-5-20(29-16)13-23-12-17-4-6-21(22(11-17)27-2)28-15-19(26)14-24-9-7-18(25)8-10-24/h3-6,11,18-19,23,25-26H,7-10,12-15H2,1-2H3/t19-/m0/s1. The molecule has 3 N–H and O–H groups in total. The minimum Gasteiger partial charge on any atom is -0.493 e. The number of hydrogen-bond donors (Lipinski definition) is 3. The lowest BCUT2D eigenvalue weighted by Gasteiger charge is -2.30. The third-order valence-electron chi connectivity index (χ3n) is 5.11. The van der Waals surface area contributed by atoms with E-state index in [2.05, 4.69) is 29.3 Å². The van der Waals surface area contributed by atoms with E-state index in [1.807, 2.05) is 29.5 Å². The molecule has 0 radical (unpaired) electrons. The zero-order valence-corrected chi connectivity index (χ0v) is 18.1. The van der Waals surface area contributed by atoms with Crippen molar-refractivity contribution in [1.29, 1.82) is 0 Å². The SMILES string of the molecule is COc1cc(CNCc2ccc(C)s2)ccc1OC[C@@H](O)CN1CCC(O)CC1. The Kier molecular flexibility index (Phi) is 8.32. The first-order chi connectivity index (χ1) is 14.0. The normalized spacial score (nSPS) is 16.7. The van der Waals surface area contributed by atoms with E-state index < -0.39 is 6.10 Å². The quantitative estimate of drug-likeness (QED) is 0.549. The molecule has 0 unspecified atom stereocenters. The predicted octanol–water partition coefficient (Wildman–Crippen LogP) is 2.55. The molecule has 1 aliphatic heterocycles. The number of ether oxygens (including phenoxy) is 2. The fourth-order valence-corrected chi connectivity index (χ4v) is 4.35. The summed E-state index contributed by atoms with van der Waals surface area (Å²) in [7, 11) is 1.63. The highest BCUT2D eigenvalue weighted by Gasteiger charge is 2.20. The monoisotopic (exact) mass is 420 g/mol. The molecule has 0 bridgehead atoms. The van der Waals surface area contributed by atoms with Crippen LogP contribution in [0, 0.1) is 6.92 Å². The summed E-state index contributed by atoms with van der Waals surface area (Å²) in [5.41, 5.74) is 1.12. The van der Waals surface area contributed by atoms with Crippen molar-refractivity contribution in [3.8, 4) is 11.5 Å². The second kappa shape index (κ2) is 10.9. The number of aliphatic hydroxyl groups is 2. The van der Waals surface area contributed by atoms with Gasteiger partial charge in [-0.1, -0.05) is 6.07 Å². The van der Waals surface area contributed by atoms with Gasteiger partial charge in [-0.05, 0) is 49.6 Å². The lowest BCUT2D eigenvalue weighted by molar-refractivity contribution is 0.0333. The molecule has 7 heteroatoms. The van der Waals surface area contributed by atoms with E-state index in [1.54, 1.807) is 7.11 Å². The van der Waals surface area contributed by atoms with Crippen LogP contribution in [0.5, 0.6) is 11.5 Å². The molecular formula is C22H32N2O4S. The minimum atomic E-state index is -0.578. The van der Waals surface area contributed by atoms with Gasteiger partial charge < -0.3 is 29.9 Å². The van der Waals surface area contributed by atoms with Crippen LogP contribution in [-0.2, 0) is 13.1 Å². The van der Waals surface area contributed by atoms with Gasteiger partial charge in [-0.25, -0.2) is 0 Å². The summed E-state index contributed by atoms with van der Waals surface area (Å²) < 4.78 is 11.3. The average Bonchev–Trinajstić information content (AvgIpc) is 3.13. The van der Waals surface area contributed by atoms with E-state index in [4.69, 9.17) is 9.47 Å². The van der Waals surface area contributed by atoms with Crippen molar-refractivity contribution in [2.75, 3.05) is 33.4 Å². The number of aliphatic hydroxyl groups excluding tert-OH is 2. The second-order valence-corrected chi connectivity index (χ2v) is 8.97. The van der Waals surface area contributed by atoms with Gasteiger partial charge in [0.2, 0.25) is 0 Å². The Bertz CT molecular complexity index is 759. The molecule has 6 nitrogen and oxygen atoms in total. The van der Waals surface area contributed by atoms with E-state index in [-0.39, 0.29) is 12.7 Å². The number of benzene rings is 1.